The summed E-state index contributed by atoms with van der Waals surface area (Å²) in [6.45, 7) is -0.718. The summed E-state index contributed by atoms with van der Waals surface area (Å²) >= 11 is 0. The fourth-order valence-corrected chi connectivity index (χ4v) is 3.48. The van der Waals surface area contributed by atoms with Gasteiger partial charge in [-0.15, -0.1) is 0 Å². The summed E-state index contributed by atoms with van der Waals surface area (Å²) in [6, 6.07) is 6.30. The lowest BCUT2D eigenvalue weighted by Crippen LogP contribution is -2.60. The highest BCUT2D eigenvalue weighted by molar-refractivity contribution is 5.91. The van der Waals surface area contributed by atoms with Crippen LogP contribution in [0.15, 0.2) is 39.5 Å². The van der Waals surface area contributed by atoms with Crippen LogP contribution >= 0.6 is 0 Å². The van der Waals surface area contributed by atoms with E-state index in [1.165, 1.54) is 24.3 Å². The van der Waals surface area contributed by atoms with Crippen LogP contribution in [0.25, 0.3) is 22.3 Å². The number of hydrogen-bond donors (Lipinski definition) is 8. The van der Waals surface area contributed by atoms with E-state index in [2.05, 4.69) is 0 Å². The van der Waals surface area contributed by atoms with E-state index in [1.807, 2.05) is 0 Å². The summed E-state index contributed by atoms with van der Waals surface area (Å²) in [5, 5.41) is 79.0. The monoisotopic (exact) mass is 464 g/mol. The lowest BCUT2D eigenvalue weighted by Gasteiger charge is -2.39. The smallest absolute Gasteiger partial charge is 0.238 e. The van der Waals surface area contributed by atoms with Crippen molar-refractivity contribution in [2.45, 2.75) is 30.7 Å². The maximum atomic E-state index is 12.7. The average Bonchev–Trinajstić information content (AvgIpc) is 2.80. The molecular weight excluding hydrogens is 444 g/mol. The lowest BCUT2D eigenvalue weighted by molar-refractivity contribution is -0.277. The Bertz CT molecular complexity index is 1230. The summed E-state index contributed by atoms with van der Waals surface area (Å²) in [4.78, 5) is 12.7. The van der Waals surface area contributed by atoms with Crippen molar-refractivity contribution in [2.24, 2.45) is 0 Å². The number of aliphatic hydroxyl groups excluding tert-OH is 4. The second-order valence-corrected chi connectivity index (χ2v) is 7.42. The van der Waals surface area contributed by atoms with E-state index in [4.69, 9.17) is 13.9 Å². The molecule has 1 aromatic heterocycles. The average molecular weight is 464 g/mol. The van der Waals surface area contributed by atoms with Gasteiger partial charge in [0.15, 0.2) is 17.3 Å². The fraction of sp³-hybridized carbons (Fsp3) is 0.286. The highest BCUT2D eigenvalue weighted by Crippen LogP contribution is 2.44. The molecule has 0 spiro atoms. The van der Waals surface area contributed by atoms with E-state index < -0.39 is 71.1 Å². The molecule has 33 heavy (non-hydrogen) atoms. The van der Waals surface area contributed by atoms with E-state index in [0.717, 1.165) is 6.07 Å². The van der Waals surface area contributed by atoms with Gasteiger partial charge in [0, 0.05) is 11.6 Å². The van der Waals surface area contributed by atoms with Crippen molar-refractivity contribution in [3.63, 3.8) is 0 Å². The number of fused-ring (bicyclic) bond motifs is 1. The van der Waals surface area contributed by atoms with Gasteiger partial charge in [0.1, 0.15) is 41.1 Å². The molecule has 2 heterocycles. The molecule has 1 saturated heterocycles. The molecule has 0 radical (unpaired) electrons. The van der Waals surface area contributed by atoms with Gasteiger partial charge in [-0.1, -0.05) is 0 Å². The van der Waals surface area contributed by atoms with Gasteiger partial charge in [0.25, 0.3) is 0 Å². The van der Waals surface area contributed by atoms with E-state index in [1.54, 1.807) is 0 Å². The second-order valence-electron chi connectivity index (χ2n) is 7.42. The Morgan fingerprint density at radius 2 is 1.55 bits per heavy atom. The van der Waals surface area contributed by atoms with E-state index in [-0.39, 0.29) is 22.7 Å². The third-order valence-corrected chi connectivity index (χ3v) is 5.29. The molecule has 1 aliphatic rings. The maximum Gasteiger partial charge on any atom is 0.238 e. The first-order valence-corrected chi connectivity index (χ1v) is 9.65. The Kier molecular flexibility index (Phi) is 5.78. The largest absolute Gasteiger partial charge is 0.508 e. The summed E-state index contributed by atoms with van der Waals surface area (Å²) in [7, 11) is 0. The van der Waals surface area contributed by atoms with Crippen LogP contribution in [0.5, 0.6) is 28.7 Å². The molecule has 1 aliphatic heterocycles. The first-order chi connectivity index (χ1) is 15.6. The molecule has 0 saturated carbocycles. The number of ether oxygens (including phenoxy) is 2. The van der Waals surface area contributed by atoms with Crippen molar-refractivity contribution in [3.05, 3.63) is 40.6 Å². The van der Waals surface area contributed by atoms with Crippen molar-refractivity contribution in [3.8, 4) is 40.1 Å². The zero-order valence-electron chi connectivity index (χ0n) is 16.7. The Labute approximate surface area is 184 Å². The van der Waals surface area contributed by atoms with Crippen LogP contribution in [-0.4, -0.2) is 78.2 Å². The molecule has 3 aromatic rings. The predicted octanol–water partition coefficient (Wildman–Crippen LogP) is -0.539. The zero-order valence-corrected chi connectivity index (χ0v) is 16.7. The molecule has 0 amide bonds. The zero-order chi connectivity index (χ0) is 24.0. The fourth-order valence-electron chi connectivity index (χ4n) is 3.48. The topological polar surface area (TPSA) is 211 Å². The van der Waals surface area contributed by atoms with Gasteiger partial charge >= 0.3 is 0 Å². The summed E-state index contributed by atoms with van der Waals surface area (Å²) < 4.78 is 16.1. The van der Waals surface area contributed by atoms with Crippen molar-refractivity contribution in [2.75, 3.05) is 6.61 Å². The normalized spacial score (nSPS) is 25.3. The van der Waals surface area contributed by atoms with Crippen LogP contribution in [0.2, 0.25) is 0 Å². The van der Waals surface area contributed by atoms with Gasteiger partial charge in [-0.05, 0) is 24.3 Å². The minimum absolute atomic E-state index is 0.0702. The van der Waals surface area contributed by atoms with Crippen molar-refractivity contribution >= 4 is 11.0 Å². The molecular formula is C21H20O12. The molecule has 0 bridgehead atoms. The number of aliphatic hydroxyl groups is 4. The number of phenols is 3. The van der Waals surface area contributed by atoms with Crippen LogP contribution in [0.4, 0.5) is 0 Å². The highest BCUT2D eigenvalue weighted by Gasteiger charge is 2.45. The molecule has 1 fully saturated rings. The Hall–Kier alpha value is -3.55. The third kappa shape index (κ3) is 3.79. The maximum absolute atomic E-state index is 12.7. The summed E-state index contributed by atoms with van der Waals surface area (Å²) in [5.41, 5.74) is -1.17. The molecule has 12 heteroatoms. The minimum Gasteiger partial charge on any atom is -0.508 e. The number of benzene rings is 2. The van der Waals surface area contributed by atoms with Crippen LogP contribution < -0.4 is 10.2 Å². The molecule has 12 nitrogen and oxygen atoms in total. The highest BCUT2D eigenvalue weighted by atomic mass is 16.7. The first-order valence-electron chi connectivity index (χ1n) is 9.65. The second kappa shape index (κ2) is 8.42. The number of aromatic hydroxyl groups is 4. The Balaban J connectivity index is 1.80. The summed E-state index contributed by atoms with van der Waals surface area (Å²) in [5.74, 6) is -3.70. The molecule has 0 aliphatic carbocycles. The van der Waals surface area contributed by atoms with Gasteiger partial charge in [-0.25, -0.2) is 0 Å². The summed E-state index contributed by atoms with van der Waals surface area (Å²) in [6.07, 6.45) is -8.19. The minimum atomic E-state index is -1.81. The van der Waals surface area contributed by atoms with E-state index >= 15 is 0 Å². The molecule has 5 atom stereocenters. The van der Waals surface area contributed by atoms with Crippen LogP contribution in [-0.2, 0) is 4.74 Å². The van der Waals surface area contributed by atoms with E-state index in [0.29, 0.717) is 0 Å². The third-order valence-electron chi connectivity index (χ3n) is 5.29. The SMILES string of the molecule is O=c1c(O)c(-c2ccc(O)cc2)oc2cc(OC3O[C@H](CO)[C@@H](O)[C@H](O)[C@H]3O)c(O)c(O)c12. The van der Waals surface area contributed by atoms with Gasteiger partial charge in [-0.2, -0.15) is 0 Å². The number of phenolic OH excluding ortho intramolecular Hbond substituents is 3. The molecule has 2 aromatic carbocycles. The molecule has 1 unspecified atom stereocenters. The van der Waals surface area contributed by atoms with Crippen molar-refractivity contribution in [1.82, 2.24) is 0 Å². The van der Waals surface area contributed by atoms with Gasteiger partial charge in [0.05, 0.1) is 6.61 Å². The van der Waals surface area contributed by atoms with Gasteiger partial charge < -0.3 is 54.7 Å². The lowest BCUT2D eigenvalue weighted by atomic mass is 9.99. The quantitative estimate of drug-likeness (QED) is 0.229. The van der Waals surface area contributed by atoms with Crippen LogP contribution in [0.1, 0.15) is 0 Å². The molecule has 4 rings (SSSR count). The van der Waals surface area contributed by atoms with E-state index in [9.17, 15) is 45.6 Å². The Morgan fingerprint density at radius 1 is 0.879 bits per heavy atom. The van der Waals surface area contributed by atoms with Crippen molar-refractivity contribution in [1.29, 1.82) is 0 Å². The molecule has 8 N–H and O–H groups in total. The predicted molar refractivity (Wildman–Crippen MR) is 109 cm³/mol. The van der Waals surface area contributed by atoms with Crippen LogP contribution in [0.3, 0.4) is 0 Å². The first kappa shape index (κ1) is 22.6. The molecule has 176 valence electrons. The number of rotatable bonds is 4. The van der Waals surface area contributed by atoms with Gasteiger partial charge in [-0.3, -0.25) is 4.79 Å². The number of hydrogen-bond acceptors (Lipinski definition) is 12. The van der Waals surface area contributed by atoms with Crippen molar-refractivity contribution < 1.29 is 54.7 Å². The Morgan fingerprint density at radius 3 is 2.18 bits per heavy atom. The van der Waals surface area contributed by atoms with Gasteiger partial charge in [0.2, 0.25) is 23.2 Å². The van der Waals surface area contributed by atoms with Crippen LogP contribution in [0, 0.1) is 0 Å². The standard InChI is InChI=1S/C21H20O12/c22-6-11-14(25)17(28)19(30)21(33-11)32-10-5-9-12(15(26)13(10)24)16(27)18(29)20(31-9)7-1-3-8(23)4-2-7/h1-5,11,14,17,19,21-26,28-30H,6H2/t11-,14-,17+,19-,21?/m1/s1.